The van der Waals surface area contributed by atoms with Crippen molar-refractivity contribution in [3.63, 3.8) is 0 Å². The van der Waals surface area contributed by atoms with Crippen LogP contribution in [0.2, 0.25) is 0 Å². The normalized spacial score (nSPS) is 14.6. The lowest BCUT2D eigenvalue weighted by Gasteiger charge is -2.21. The second-order valence-corrected chi connectivity index (χ2v) is 30.6. The Kier molecular flexibility index (Phi) is 77.3. The summed E-state index contributed by atoms with van der Waals surface area (Å²) in [5, 5.41) is 10.7. The van der Waals surface area contributed by atoms with E-state index in [2.05, 4.69) is 180 Å². The van der Waals surface area contributed by atoms with Crippen LogP contribution in [-0.2, 0) is 65.4 Å². The van der Waals surface area contributed by atoms with Gasteiger partial charge in [-0.25, -0.2) is 9.13 Å². The molecule has 0 fully saturated rings. The third-order valence-corrected chi connectivity index (χ3v) is 19.0. The predicted molar refractivity (Wildman–Crippen MR) is 454 cm³/mol. The van der Waals surface area contributed by atoms with E-state index in [0.29, 0.717) is 32.1 Å². The summed E-state index contributed by atoms with van der Waals surface area (Å²) in [4.78, 5) is 73.2. The number of phosphoric acid groups is 2. The lowest BCUT2D eigenvalue weighted by atomic mass is 10.1. The Hall–Kier alpha value is -5.58. The molecule has 0 saturated carbocycles. The molecule has 19 heteroatoms. The third kappa shape index (κ3) is 80.5. The smallest absolute Gasteiger partial charge is 0.462 e. The first kappa shape index (κ1) is 104. The number of ether oxygens (including phenoxy) is 4. The molecule has 0 aromatic heterocycles. The molecule has 0 rings (SSSR count). The van der Waals surface area contributed by atoms with Gasteiger partial charge in [-0.15, -0.1) is 0 Å². The van der Waals surface area contributed by atoms with Gasteiger partial charge in [0.05, 0.1) is 26.4 Å². The van der Waals surface area contributed by atoms with Crippen LogP contribution in [0.15, 0.2) is 170 Å². The average molecular weight is 1580 g/mol. The maximum atomic E-state index is 13.1. The summed E-state index contributed by atoms with van der Waals surface area (Å²) >= 11 is 0. The van der Waals surface area contributed by atoms with Crippen LogP contribution in [0.4, 0.5) is 0 Å². The molecule has 626 valence electrons. The highest BCUT2D eigenvalue weighted by Crippen LogP contribution is 2.45. The molecule has 0 aromatic rings. The molecule has 0 spiro atoms. The van der Waals surface area contributed by atoms with Crippen molar-refractivity contribution in [1.82, 2.24) is 0 Å². The maximum Gasteiger partial charge on any atom is 0.472 e. The Labute approximate surface area is 667 Å². The minimum absolute atomic E-state index is 0.0272. The quantitative estimate of drug-likeness (QED) is 0.0169. The summed E-state index contributed by atoms with van der Waals surface area (Å²) in [6.07, 6.45) is 97.6. The van der Waals surface area contributed by atoms with E-state index in [1.165, 1.54) is 38.5 Å². The average Bonchev–Trinajstić information content (AvgIpc) is 0.900. The fourth-order valence-electron chi connectivity index (χ4n) is 10.7. The van der Waals surface area contributed by atoms with Crippen LogP contribution in [0.25, 0.3) is 0 Å². The monoisotopic (exact) mass is 1580 g/mol. The molecule has 0 aliphatic rings. The van der Waals surface area contributed by atoms with Gasteiger partial charge in [0.25, 0.3) is 0 Å². The van der Waals surface area contributed by atoms with E-state index in [1.807, 2.05) is 18.2 Å². The van der Waals surface area contributed by atoms with Crippen LogP contribution in [0, 0.1) is 0 Å². The van der Waals surface area contributed by atoms with E-state index in [1.54, 1.807) is 0 Å². The van der Waals surface area contributed by atoms with Crippen molar-refractivity contribution in [3.8, 4) is 0 Å². The number of aliphatic hydroxyl groups is 1. The highest BCUT2D eigenvalue weighted by Gasteiger charge is 2.30. The van der Waals surface area contributed by atoms with Gasteiger partial charge in [0.2, 0.25) is 0 Å². The first-order chi connectivity index (χ1) is 53.7. The number of hydrogen-bond acceptors (Lipinski definition) is 15. The number of aliphatic hydroxyl groups excluding tert-OH is 1. The topological polar surface area (TPSA) is 237 Å². The zero-order valence-corrected chi connectivity index (χ0v) is 70.4. The van der Waals surface area contributed by atoms with Crippen LogP contribution in [0.1, 0.15) is 323 Å². The summed E-state index contributed by atoms with van der Waals surface area (Å²) in [5.74, 6) is -2.32. The fourth-order valence-corrected chi connectivity index (χ4v) is 12.3. The Balaban J connectivity index is 5.47. The molecule has 17 nitrogen and oxygen atoms in total. The van der Waals surface area contributed by atoms with Crippen LogP contribution in [-0.4, -0.2) is 96.7 Å². The van der Waals surface area contributed by atoms with E-state index in [4.69, 9.17) is 37.0 Å². The number of carbonyl (C=O) groups excluding carboxylic acids is 4. The molecule has 0 aliphatic heterocycles. The van der Waals surface area contributed by atoms with Crippen molar-refractivity contribution in [1.29, 1.82) is 0 Å². The molecule has 3 N–H and O–H groups in total. The minimum Gasteiger partial charge on any atom is -0.462 e. The first-order valence-electron chi connectivity index (χ1n) is 42.4. The van der Waals surface area contributed by atoms with Gasteiger partial charge in [-0.05, 0) is 167 Å². The highest BCUT2D eigenvalue weighted by molar-refractivity contribution is 7.47. The number of unbranched alkanes of at least 4 members (excludes halogenated alkanes) is 24. The van der Waals surface area contributed by atoms with E-state index in [9.17, 15) is 43.2 Å². The molecule has 0 heterocycles. The third-order valence-electron chi connectivity index (χ3n) is 17.1. The molecule has 5 atom stereocenters. The van der Waals surface area contributed by atoms with Crippen LogP contribution in [0.5, 0.6) is 0 Å². The molecular formula is C91H150O17P2. The number of allylic oxidation sites excluding steroid dienone is 28. The molecule has 5 unspecified atom stereocenters. The molecule has 0 aromatic carbocycles. The lowest BCUT2D eigenvalue weighted by Crippen LogP contribution is -2.30. The van der Waals surface area contributed by atoms with Gasteiger partial charge < -0.3 is 33.8 Å². The van der Waals surface area contributed by atoms with E-state index >= 15 is 0 Å². The van der Waals surface area contributed by atoms with Crippen molar-refractivity contribution < 1.29 is 80.2 Å². The molecule has 0 amide bonds. The Bertz CT molecular complexity index is 2750. The Morgan fingerprint density at radius 2 is 0.509 bits per heavy atom. The van der Waals surface area contributed by atoms with Crippen LogP contribution < -0.4 is 0 Å². The zero-order valence-electron chi connectivity index (χ0n) is 68.6. The van der Waals surface area contributed by atoms with E-state index < -0.39 is 97.5 Å². The maximum absolute atomic E-state index is 13.1. The van der Waals surface area contributed by atoms with Crippen molar-refractivity contribution in [2.24, 2.45) is 0 Å². The molecule has 0 aliphatic carbocycles. The minimum atomic E-state index is -5.01. The second-order valence-electron chi connectivity index (χ2n) is 27.7. The summed E-state index contributed by atoms with van der Waals surface area (Å²) in [6, 6.07) is 0. The van der Waals surface area contributed by atoms with Crippen LogP contribution >= 0.6 is 15.6 Å². The number of rotatable bonds is 78. The van der Waals surface area contributed by atoms with Gasteiger partial charge in [0.1, 0.15) is 19.3 Å². The second kappa shape index (κ2) is 81.4. The largest absolute Gasteiger partial charge is 0.472 e. The molecular weight excluding hydrogens is 1430 g/mol. The van der Waals surface area contributed by atoms with E-state index in [-0.39, 0.29) is 25.7 Å². The lowest BCUT2D eigenvalue weighted by molar-refractivity contribution is -0.161. The number of esters is 4. The van der Waals surface area contributed by atoms with Gasteiger partial charge in [-0.2, -0.15) is 0 Å². The molecule has 0 saturated heterocycles. The summed E-state index contributed by atoms with van der Waals surface area (Å²) < 4.78 is 68.7. The van der Waals surface area contributed by atoms with Gasteiger partial charge in [-0.3, -0.25) is 37.3 Å². The van der Waals surface area contributed by atoms with Gasteiger partial charge in [-0.1, -0.05) is 301 Å². The van der Waals surface area contributed by atoms with Crippen LogP contribution in [0.3, 0.4) is 0 Å². The van der Waals surface area contributed by atoms with E-state index in [0.717, 1.165) is 199 Å². The molecule has 0 bridgehead atoms. The Morgan fingerprint density at radius 1 is 0.264 bits per heavy atom. The van der Waals surface area contributed by atoms with Crippen molar-refractivity contribution >= 4 is 39.5 Å². The number of phosphoric ester groups is 2. The molecule has 110 heavy (non-hydrogen) atoms. The summed E-state index contributed by atoms with van der Waals surface area (Å²) in [7, 11) is -10.0. The van der Waals surface area contributed by atoms with Crippen molar-refractivity contribution in [2.45, 2.75) is 341 Å². The first-order valence-corrected chi connectivity index (χ1v) is 45.4. The van der Waals surface area contributed by atoms with Crippen molar-refractivity contribution in [3.05, 3.63) is 170 Å². The summed E-state index contributed by atoms with van der Waals surface area (Å²) in [5.41, 5.74) is 0. The predicted octanol–water partition coefficient (Wildman–Crippen LogP) is 25.3. The van der Waals surface area contributed by atoms with Gasteiger partial charge in [0, 0.05) is 25.7 Å². The number of carbonyl (C=O) groups is 4. The SMILES string of the molecule is CC/C=C\C/C=C\C/C=C\C/C=C\C/C=C\C/C=C\CCC(=O)OCC(COP(=O)(O)OCC(O)COP(=O)(O)OCC(COC(=O)CCCCCCCC/C=C\C/C=C\C/C=C\CCCCC)OC(=O)CCCCCCC/C=C\C/C=C\CCC)OC(=O)CCCCCCCC/C=C\C/C=C\C/C=C\CCCCC. The van der Waals surface area contributed by atoms with Gasteiger partial charge in [0.15, 0.2) is 12.2 Å². The Morgan fingerprint density at radius 3 is 0.818 bits per heavy atom. The van der Waals surface area contributed by atoms with Crippen molar-refractivity contribution in [2.75, 3.05) is 39.6 Å². The number of hydrogen-bond donors (Lipinski definition) is 3. The standard InChI is InChI=1S/C91H150O17P2/c1-5-9-13-17-21-25-29-33-36-39-42-45-48-52-55-59-63-67-71-75-88(93)101-81-86(107-90(95)77-73-69-65-61-57-51-32-28-24-20-16-12-8-4)83-105-109(97,98)103-79-85(92)80-104-110(99,100)106-84-87(108-91(96)78-74-70-66-62-58-54-50-47-44-41-38-35-31-27-23-19-15-11-7-3)82-102-89(94)76-72-68-64-60-56-53-49-46-43-40-37-34-30-26-22-18-14-10-6-2/h10,14,16,20-23,25-28,32-38,42-47,53,56,64,68,85-87,92H,5-9,11-13,15,17-19,24,29-31,39-41,48-52,54-55,57-63,65-67,69-84H2,1-4H3,(H,97,98)(H,99,100)/b14-10-,20-16-,25-21-,26-22-,27-23-,32-28-,36-33-,37-34-,38-35-,45-42-,46-43-,47-44-,56-53-,68-64-. The molecule has 0 radical (unpaired) electrons. The highest BCUT2D eigenvalue weighted by atomic mass is 31.2. The fraction of sp³-hybridized carbons (Fsp3) is 0.648. The summed E-state index contributed by atoms with van der Waals surface area (Å²) in [6.45, 7) is 4.52. The zero-order chi connectivity index (χ0) is 80.3. The van der Waals surface area contributed by atoms with Gasteiger partial charge >= 0.3 is 39.5 Å².